The molecular weight excluding hydrogens is 264 g/mol. The highest BCUT2D eigenvalue weighted by molar-refractivity contribution is 5.42. The van der Waals surface area contributed by atoms with Gasteiger partial charge in [0.25, 0.3) is 5.69 Å². The highest BCUT2D eigenvalue weighted by Gasteiger charge is 2.20. The quantitative estimate of drug-likeness (QED) is 0.657. The van der Waals surface area contributed by atoms with Gasteiger partial charge in [-0.3, -0.25) is 10.1 Å². The van der Waals surface area contributed by atoms with Gasteiger partial charge >= 0.3 is 0 Å². The predicted octanol–water partition coefficient (Wildman–Crippen LogP) is 4.32. The molecule has 0 aromatic heterocycles. The number of hydrogen-bond acceptors (Lipinski definition) is 3. The predicted molar refractivity (Wildman–Crippen MR) is 84.2 cm³/mol. The van der Waals surface area contributed by atoms with Crippen LogP contribution in [0.3, 0.4) is 0 Å². The number of benzene rings is 2. The Morgan fingerprint density at radius 1 is 0.952 bits per heavy atom. The number of hydrogen-bond donors (Lipinski definition) is 1. The van der Waals surface area contributed by atoms with Gasteiger partial charge in [-0.05, 0) is 31.9 Å². The Morgan fingerprint density at radius 3 is 2.10 bits per heavy atom. The first kappa shape index (κ1) is 15.2. The van der Waals surface area contributed by atoms with Gasteiger partial charge in [0.15, 0.2) is 0 Å². The van der Waals surface area contributed by atoms with Crippen LogP contribution < -0.4 is 5.32 Å². The first-order valence-electron chi connectivity index (χ1n) is 7.05. The van der Waals surface area contributed by atoms with E-state index in [0.29, 0.717) is 5.56 Å². The zero-order valence-corrected chi connectivity index (χ0v) is 12.5. The molecule has 0 spiro atoms. The third kappa shape index (κ3) is 3.47. The molecule has 4 heteroatoms. The summed E-state index contributed by atoms with van der Waals surface area (Å²) in [6.45, 7) is 6.11. The Morgan fingerprint density at radius 2 is 1.48 bits per heavy atom. The lowest BCUT2D eigenvalue weighted by atomic mass is 10.00. The van der Waals surface area contributed by atoms with Crippen molar-refractivity contribution in [3.63, 3.8) is 0 Å². The number of nitrogens with one attached hydrogen (secondary N) is 1. The van der Waals surface area contributed by atoms with E-state index < -0.39 is 0 Å². The summed E-state index contributed by atoms with van der Waals surface area (Å²) < 4.78 is 0. The lowest BCUT2D eigenvalue weighted by molar-refractivity contribution is -0.385. The first-order valence-corrected chi connectivity index (χ1v) is 7.05. The second-order valence-electron chi connectivity index (χ2n) is 5.28. The Kier molecular flexibility index (Phi) is 4.70. The Bertz CT molecular complexity index is 640. The number of nitro groups is 1. The second-order valence-corrected chi connectivity index (χ2v) is 5.28. The lowest BCUT2D eigenvalue weighted by Gasteiger charge is -2.22. The fourth-order valence-electron chi connectivity index (χ4n) is 2.65. The fourth-order valence-corrected chi connectivity index (χ4v) is 2.65. The molecule has 0 fully saturated rings. The minimum atomic E-state index is -0.327. The van der Waals surface area contributed by atoms with Gasteiger partial charge in [0, 0.05) is 23.7 Å². The first-order chi connectivity index (χ1) is 10.0. The van der Waals surface area contributed by atoms with Gasteiger partial charge in [-0.15, -0.1) is 0 Å². The van der Waals surface area contributed by atoms with Crippen LogP contribution in [0, 0.1) is 17.0 Å². The average molecular weight is 284 g/mol. The smallest absolute Gasteiger partial charge is 0.274 e. The molecule has 0 radical (unpaired) electrons. The number of nitro benzene ring substituents is 1. The highest BCUT2D eigenvalue weighted by Crippen LogP contribution is 2.27. The average Bonchev–Trinajstić information content (AvgIpc) is 2.47. The lowest BCUT2D eigenvalue weighted by Crippen LogP contribution is -2.23. The van der Waals surface area contributed by atoms with E-state index in [1.54, 1.807) is 18.2 Å². The summed E-state index contributed by atoms with van der Waals surface area (Å²) in [7, 11) is 0. The zero-order valence-electron chi connectivity index (χ0n) is 12.5. The number of para-hydroxylation sites is 1. The molecule has 2 aromatic rings. The molecule has 0 aliphatic carbocycles. The van der Waals surface area contributed by atoms with Crippen molar-refractivity contribution in [2.24, 2.45) is 0 Å². The molecule has 2 atom stereocenters. The van der Waals surface area contributed by atoms with Crippen molar-refractivity contribution in [1.82, 2.24) is 5.32 Å². The van der Waals surface area contributed by atoms with Crippen molar-refractivity contribution in [1.29, 1.82) is 0 Å². The standard InChI is InChI=1S/C17H20N2O2/c1-12-8-4-5-9-15(12)13(2)18-14(3)16-10-6-7-11-17(16)19(20)21/h4-11,13-14,18H,1-3H3/t13-,14?/m1/s1. The highest BCUT2D eigenvalue weighted by atomic mass is 16.6. The molecule has 0 heterocycles. The van der Waals surface area contributed by atoms with Crippen molar-refractivity contribution in [3.05, 3.63) is 75.3 Å². The maximum absolute atomic E-state index is 11.1. The molecule has 0 saturated carbocycles. The van der Waals surface area contributed by atoms with Gasteiger partial charge in [0.1, 0.15) is 0 Å². The Labute approximate surface area is 125 Å². The van der Waals surface area contributed by atoms with Crippen molar-refractivity contribution in [2.75, 3.05) is 0 Å². The third-order valence-electron chi connectivity index (χ3n) is 3.75. The van der Waals surface area contributed by atoms with E-state index in [9.17, 15) is 10.1 Å². The summed E-state index contributed by atoms with van der Waals surface area (Å²) >= 11 is 0. The van der Waals surface area contributed by atoms with Crippen molar-refractivity contribution in [2.45, 2.75) is 32.9 Å². The second kappa shape index (κ2) is 6.50. The number of nitrogens with zero attached hydrogens (tertiary/aromatic N) is 1. The van der Waals surface area contributed by atoms with E-state index in [4.69, 9.17) is 0 Å². The summed E-state index contributed by atoms with van der Waals surface area (Å²) in [6.07, 6.45) is 0. The molecule has 1 unspecified atom stereocenters. The Hall–Kier alpha value is -2.20. The largest absolute Gasteiger partial charge is 0.303 e. The van der Waals surface area contributed by atoms with Gasteiger partial charge < -0.3 is 5.32 Å². The van der Waals surface area contributed by atoms with Gasteiger partial charge in [-0.2, -0.15) is 0 Å². The third-order valence-corrected chi connectivity index (χ3v) is 3.75. The Balaban J connectivity index is 2.21. The topological polar surface area (TPSA) is 55.2 Å². The summed E-state index contributed by atoms with van der Waals surface area (Å²) in [6, 6.07) is 15.1. The van der Waals surface area contributed by atoms with Crippen LogP contribution >= 0.6 is 0 Å². The van der Waals surface area contributed by atoms with Crippen molar-refractivity contribution >= 4 is 5.69 Å². The van der Waals surface area contributed by atoms with Gasteiger partial charge in [-0.1, -0.05) is 42.5 Å². The molecule has 2 rings (SSSR count). The molecule has 4 nitrogen and oxygen atoms in total. The van der Waals surface area contributed by atoms with Crippen LogP contribution in [0.1, 0.15) is 42.6 Å². The fraction of sp³-hybridized carbons (Fsp3) is 0.294. The van der Waals surface area contributed by atoms with Crippen LogP contribution in [-0.2, 0) is 0 Å². The van der Waals surface area contributed by atoms with Crippen LogP contribution in [0.4, 0.5) is 5.69 Å². The van der Waals surface area contributed by atoms with Crippen LogP contribution in [0.5, 0.6) is 0 Å². The SMILES string of the molecule is Cc1ccccc1[C@@H](C)NC(C)c1ccccc1[N+](=O)[O-]. The number of aryl methyl sites for hydroxylation is 1. The van der Waals surface area contributed by atoms with Gasteiger partial charge in [0.2, 0.25) is 0 Å². The van der Waals surface area contributed by atoms with E-state index in [0.717, 1.165) is 0 Å². The number of rotatable bonds is 5. The maximum Gasteiger partial charge on any atom is 0.274 e. The van der Waals surface area contributed by atoms with E-state index in [-0.39, 0.29) is 22.7 Å². The minimum absolute atomic E-state index is 0.0961. The molecule has 0 aliphatic rings. The van der Waals surface area contributed by atoms with Crippen LogP contribution in [0.25, 0.3) is 0 Å². The molecule has 0 saturated heterocycles. The minimum Gasteiger partial charge on any atom is -0.303 e. The van der Waals surface area contributed by atoms with E-state index >= 15 is 0 Å². The zero-order chi connectivity index (χ0) is 15.4. The molecule has 1 N–H and O–H groups in total. The van der Waals surface area contributed by atoms with Gasteiger partial charge in [0.05, 0.1) is 4.92 Å². The molecule has 0 bridgehead atoms. The maximum atomic E-state index is 11.1. The molecule has 0 aliphatic heterocycles. The monoisotopic (exact) mass is 284 g/mol. The summed E-state index contributed by atoms with van der Waals surface area (Å²) in [5.74, 6) is 0. The normalized spacial score (nSPS) is 13.7. The summed E-state index contributed by atoms with van der Waals surface area (Å²) in [4.78, 5) is 10.8. The molecule has 2 aromatic carbocycles. The van der Waals surface area contributed by atoms with Crippen molar-refractivity contribution in [3.8, 4) is 0 Å². The van der Waals surface area contributed by atoms with Crippen LogP contribution in [-0.4, -0.2) is 4.92 Å². The molecular formula is C17H20N2O2. The van der Waals surface area contributed by atoms with Crippen molar-refractivity contribution < 1.29 is 4.92 Å². The molecule has 21 heavy (non-hydrogen) atoms. The molecule has 110 valence electrons. The van der Waals surface area contributed by atoms with E-state index in [1.807, 2.05) is 25.1 Å². The van der Waals surface area contributed by atoms with E-state index in [2.05, 4.69) is 31.3 Å². The molecule has 0 amide bonds. The summed E-state index contributed by atoms with van der Waals surface area (Å²) in [5, 5.41) is 14.6. The van der Waals surface area contributed by atoms with Crippen LogP contribution in [0.15, 0.2) is 48.5 Å². The van der Waals surface area contributed by atoms with Crippen LogP contribution in [0.2, 0.25) is 0 Å². The van der Waals surface area contributed by atoms with Gasteiger partial charge in [-0.25, -0.2) is 0 Å². The van der Waals surface area contributed by atoms with E-state index in [1.165, 1.54) is 11.1 Å². The summed E-state index contributed by atoms with van der Waals surface area (Å²) in [5.41, 5.74) is 3.30.